The molecule has 0 saturated heterocycles. The van der Waals surface area contributed by atoms with Crippen LogP contribution in [0.5, 0.6) is 0 Å². The zero-order chi connectivity index (χ0) is 12.3. The minimum absolute atomic E-state index is 0.224. The molecule has 1 amide bonds. The molecule has 2 aromatic rings. The molecule has 0 fully saturated rings. The van der Waals surface area contributed by atoms with E-state index in [-0.39, 0.29) is 11.7 Å². The SMILES string of the molecule is CC(=O)Nc1ccc(-c2ccccc2F)nn1. The van der Waals surface area contributed by atoms with Crippen LogP contribution in [0.2, 0.25) is 0 Å². The lowest BCUT2D eigenvalue weighted by Gasteiger charge is -2.03. The lowest BCUT2D eigenvalue weighted by molar-refractivity contribution is -0.114. The van der Waals surface area contributed by atoms with Gasteiger partial charge in [0.2, 0.25) is 5.91 Å². The standard InChI is InChI=1S/C12H10FN3O/c1-8(17)14-12-7-6-11(15-16-12)9-4-2-3-5-10(9)13/h2-7H,1H3,(H,14,16,17). The minimum Gasteiger partial charge on any atom is -0.309 e. The van der Waals surface area contributed by atoms with Gasteiger partial charge in [0.25, 0.3) is 0 Å². The summed E-state index contributed by atoms with van der Waals surface area (Å²) in [7, 11) is 0. The third-order valence-electron chi connectivity index (χ3n) is 2.12. The van der Waals surface area contributed by atoms with Gasteiger partial charge in [-0.05, 0) is 24.3 Å². The summed E-state index contributed by atoms with van der Waals surface area (Å²) < 4.78 is 13.4. The molecule has 0 radical (unpaired) electrons. The van der Waals surface area contributed by atoms with Crippen LogP contribution in [0.4, 0.5) is 10.2 Å². The summed E-state index contributed by atoms with van der Waals surface area (Å²) in [6.45, 7) is 1.38. The van der Waals surface area contributed by atoms with Crippen molar-refractivity contribution >= 4 is 11.7 Å². The largest absolute Gasteiger partial charge is 0.309 e. The van der Waals surface area contributed by atoms with Crippen LogP contribution in [0, 0.1) is 5.82 Å². The van der Waals surface area contributed by atoms with Gasteiger partial charge in [-0.15, -0.1) is 10.2 Å². The number of nitrogens with one attached hydrogen (secondary N) is 1. The highest BCUT2D eigenvalue weighted by atomic mass is 19.1. The van der Waals surface area contributed by atoms with Gasteiger partial charge in [-0.2, -0.15) is 0 Å². The fourth-order valence-corrected chi connectivity index (χ4v) is 1.39. The van der Waals surface area contributed by atoms with Crippen molar-refractivity contribution in [2.75, 3.05) is 5.32 Å². The van der Waals surface area contributed by atoms with Crippen molar-refractivity contribution in [2.24, 2.45) is 0 Å². The van der Waals surface area contributed by atoms with Gasteiger partial charge >= 0.3 is 0 Å². The third-order valence-corrected chi connectivity index (χ3v) is 2.12. The maximum Gasteiger partial charge on any atom is 0.222 e. The average molecular weight is 231 g/mol. The molecule has 0 saturated carbocycles. The summed E-state index contributed by atoms with van der Waals surface area (Å²) >= 11 is 0. The molecular weight excluding hydrogens is 221 g/mol. The molecule has 2 rings (SSSR count). The molecule has 0 aliphatic carbocycles. The fraction of sp³-hybridized carbons (Fsp3) is 0.0833. The van der Waals surface area contributed by atoms with Gasteiger partial charge in [0.15, 0.2) is 5.82 Å². The highest BCUT2D eigenvalue weighted by molar-refractivity contribution is 5.87. The van der Waals surface area contributed by atoms with Gasteiger partial charge in [-0.25, -0.2) is 4.39 Å². The average Bonchev–Trinajstić information content (AvgIpc) is 2.30. The Morgan fingerprint density at radius 2 is 1.94 bits per heavy atom. The Bertz CT molecular complexity index is 540. The second-order valence-electron chi connectivity index (χ2n) is 3.46. The molecule has 0 unspecified atom stereocenters. The molecule has 1 aromatic heterocycles. The summed E-state index contributed by atoms with van der Waals surface area (Å²) in [6.07, 6.45) is 0. The Labute approximate surface area is 97.5 Å². The predicted octanol–water partition coefficient (Wildman–Crippen LogP) is 2.24. The van der Waals surface area contributed by atoms with E-state index in [2.05, 4.69) is 15.5 Å². The second kappa shape index (κ2) is 4.69. The third kappa shape index (κ3) is 2.63. The zero-order valence-electron chi connectivity index (χ0n) is 9.14. The molecule has 4 nitrogen and oxygen atoms in total. The molecular formula is C12H10FN3O. The van der Waals surface area contributed by atoms with Gasteiger partial charge < -0.3 is 5.32 Å². The van der Waals surface area contributed by atoms with Crippen molar-refractivity contribution < 1.29 is 9.18 Å². The molecule has 1 N–H and O–H groups in total. The van der Waals surface area contributed by atoms with Gasteiger partial charge in [0.05, 0.1) is 5.69 Å². The van der Waals surface area contributed by atoms with Crippen molar-refractivity contribution in [3.05, 3.63) is 42.2 Å². The summed E-state index contributed by atoms with van der Waals surface area (Å²) in [6, 6.07) is 9.50. The first-order valence-corrected chi connectivity index (χ1v) is 5.03. The predicted molar refractivity (Wildman–Crippen MR) is 61.7 cm³/mol. The normalized spacial score (nSPS) is 10.0. The van der Waals surface area contributed by atoms with Gasteiger partial charge in [-0.3, -0.25) is 4.79 Å². The quantitative estimate of drug-likeness (QED) is 0.862. The number of benzene rings is 1. The summed E-state index contributed by atoms with van der Waals surface area (Å²) in [5, 5.41) is 10.1. The molecule has 0 aliphatic heterocycles. The van der Waals surface area contributed by atoms with Crippen molar-refractivity contribution in [3.63, 3.8) is 0 Å². The molecule has 0 spiro atoms. The fourth-order valence-electron chi connectivity index (χ4n) is 1.39. The first kappa shape index (κ1) is 11.2. The minimum atomic E-state index is -0.353. The summed E-state index contributed by atoms with van der Waals surface area (Å²) in [4.78, 5) is 10.8. The van der Waals surface area contributed by atoms with E-state index in [1.807, 2.05) is 0 Å². The van der Waals surface area contributed by atoms with Gasteiger partial charge in [0, 0.05) is 12.5 Å². The Balaban J connectivity index is 2.30. The number of hydrogen-bond acceptors (Lipinski definition) is 3. The number of rotatable bonds is 2. The molecule has 1 heterocycles. The van der Waals surface area contributed by atoms with Crippen LogP contribution in [-0.4, -0.2) is 16.1 Å². The number of carbonyl (C=O) groups is 1. The number of anilines is 1. The van der Waals surface area contributed by atoms with E-state index in [1.54, 1.807) is 30.3 Å². The van der Waals surface area contributed by atoms with Crippen LogP contribution in [-0.2, 0) is 4.79 Å². The number of amides is 1. The highest BCUT2D eigenvalue weighted by Crippen LogP contribution is 2.20. The smallest absolute Gasteiger partial charge is 0.222 e. The Kier molecular flexibility index (Phi) is 3.09. The lowest BCUT2D eigenvalue weighted by atomic mass is 10.1. The number of carbonyl (C=O) groups excluding carboxylic acids is 1. The van der Waals surface area contributed by atoms with Crippen LogP contribution < -0.4 is 5.32 Å². The Hall–Kier alpha value is -2.30. The number of hydrogen-bond donors (Lipinski definition) is 1. The van der Waals surface area contributed by atoms with E-state index in [1.165, 1.54) is 13.0 Å². The van der Waals surface area contributed by atoms with Crippen molar-refractivity contribution in [1.29, 1.82) is 0 Å². The summed E-state index contributed by atoms with van der Waals surface area (Å²) in [5.74, 6) is -0.232. The Morgan fingerprint density at radius 3 is 2.53 bits per heavy atom. The van der Waals surface area contributed by atoms with E-state index in [0.717, 1.165) is 0 Å². The van der Waals surface area contributed by atoms with E-state index in [0.29, 0.717) is 17.1 Å². The number of nitrogens with zero attached hydrogens (tertiary/aromatic N) is 2. The molecule has 0 aliphatic rings. The maximum absolute atomic E-state index is 13.4. The van der Waals surface area contributed by atoms with E-state index in [9.17, 15) is 9.18 Å². The van der Waals surface area contributed by atoms with Crippen LogP contribution in [0.25, 0.3) is 11.3 Å². The first-order valence-electron chi connectivity index (χ1n) is 5.03. The molecule has 0 atom stereocenters. The summed E-state index contributed by atoms with van der Waals surface area (Å²) in [5.41, 5.74) is 0.812. The maximum atomic E-state index is 13.4. The molecule has 86 valence electrons. The van der Waals surface area contributed by atoms with Gasteiger partial charge in [-0.1, -0.05) is 12.1 Å². The van der Waals surface area contributed by atoms with E-state index < -0.39 is 0 Å². The van der Waals surface area contributed by atoms with Crippen LogP contribution in [0.3, 0.4) is 0 Å². The first-order chi connectivity index (χ1) is 8.16. The van der Waals surface area contributed by atoms with Crippen molar-refractivity contribution in [2.45, 2.75) is 6.92 Å². The van der Waals surface area contributed by atoms with Crippen molar-refractivity contribution in [1.82, 2.24) is 10.2 Å². The second-order valence-corrected chi connectivity index (χ2v) is 3.46. The van der Waals surface area contributed by atoms with Crippen LogP contribution >= 0.6 is 0 Å². The molecule has 0 bridgehead atoms. The number of halogens is 1. The highest BCUT2D eigenvalue weighted by Gasteiger charge is 2.06. The monoisotopic (exact) mass is 231 g/mol. The molecule has 17 heavy (non-hydrogen) atoms. The van der Waals surface area contributed by atoms with E-state index in [4.69, 9.17) is 0 Å². The number of aromatic nitrogens is 2. The topological polar surface area (TPSA) is 54.9 Å². The molecule has 1 aromatic carbocycles. The van der Waals surface area contributed by atoms with E-state index >= 15 is 0 Å². The van der Waals surface area contributed by atoms with Crippen molar-refractivity contribution in [3.8, 4) is 11.3 Å². The zero-order valence-corrected chi connectivity index (χ0v) is 9.14. The molecule has 5 heteroatoms. The Morgan fingerprint density at radius 1 is 1.18 bits per heavy atom. The van der Waals surface area contributed by atoms with Crippen LogP contribution in [0.15, 0.2) is 36.4 Å². The van der Waals surface area contributed by atoms with Gasteiger partial charge in [0.1, 0.15) is 5.82 Å². The lowest BCUT2D eigenvalue weighted by Crippen LogP contribution is -2.08. The van der Waals surface area contributed by atoms with Crippen LogP contribution in [0.1, 0.15) is 6.92 Å².